The molecule has 1 amide bonds. The van der Waals surface area contributed by atoms with Gasteiger partial charge in [-0.25, -0.2) is 0 Å². The Morgan fingerprint density at radius 1 is 1.30 bits per heavy atom. The largest absolute Gasteiger partial charge is 0.493 e. The van der Waals surface area contributed by atoms with Gasteiger partial charge >= 0.3 is 6.61 Å². The van der Waals surface area contributed by atoms with E-state index < -0.39 is 12.8 Å². The molecule has 0 aromatic heterocycles. The number of nitrogens with zero attached hydrogens (tertiary/aromatic N) is 1. The Balaban J connectivity index is 2.05. The van der Waals surface area contributed by atoms with E-state index in [0.29, 0.717) is 23.4 Å². The van der Waals surface area contributed by atoms with Gasteiger partial charge in [-0.05, 0) is 30.7 Å². The number of hydrogen-bond acceptors (Lipinski definition) is 4. The first kappa shape index (κ1) is 19.2. The Labute approximate surface area is 160 Å². The molecule has 0 saturated carbocycles. The molecule has 2 aromatic carbocycles. The molecule has 144 valence electrons. The minimum Gasteiger partial charge on any atom is -0.493 e. The maximum absolute atomic E-state index is 12.9. The van der Waals surface area contributed by atoms with Gasteiger partial charge in [0.1, 0.15) is 6.17 Å². The first-order valence-corrected chi connectivity index (χ1v) is 8.82. The van der Waals surface area contributed by atoms with E-state index in [0.717, 1.165) is 6.42 Å². The predicted octanol–water partition coefficient (Wildman–Crippen LogP) is 4.93. The van der Waals surface area contributed by atoms with Crippen LogP contribution in [0, 0.1) is 0 Å². The molecule has 0 aliphatic carbocycles. The van der Waals surface area contributed by atoms with Crippen LogP contribution in [0.3, 0.4) is 0 Å². The summed E-state index contributed by atoms with van der Waals surface area (Å²) in [5.41, 5.74) is 1.88. The van der Waals surface area contributed by atoms with Gasteiger partial charge in [0.25, 0.3) is 5.91 Å². The molecular weight excluding hydrogens is 378 g/mol. The average molecular weight is 397 g/mol. The quantitative estimate of drug-likeness (QED) is 0.752. The van der Waals surface area contributed by atoms with Crippen molar-refractivity contribution < 1.29 is 23.0 Å². The van der Waals surface area contributed by atoms with Crippen molar-refractivity contribution in [2.24, 2.45) is 0 Å². The van der Waals surface area contributed by atoms with Crippen LogP contribution < -0.4 is 14.8 Å². The SMILES string of the molecule is CCCN1C(=O)c2ccccc2N[C@H]1c1cc(Cl)c(OC(F)F)c(OC)c1. The van der Waals surface area contributed by atoms with Gasteiger partial charge in [-0.2, -0.15) is 8.78 Å². The molecule has 1 aliphatic heterocycles. The second kappa shape index (κ2) is 8.00. The average Bonchev–Trinajstić information content (AvgIpc) is 2.65. The molecule has 0 unspecified atom stereocenters. The lowest BCUT2D eigenvalue weighted by atomic mass is 10.0. The maximum Gasteiger partial charge on any atom is 0.387 e. The number of methoxy groups -OCH3 is 1. The fraction of sp³-hybridized carbons (Fsp3) is 0.316. The Morgan fingerprint density at radius 2 is 2.04 bits per heavy atom. The normalized spacial score (nSPS) is 16.1. The van der Waals surface area contributed by atoms with Gasteiger partial charge in [-0.15, -0.1) is 0 Å². The van der Waals surface area contributed by atoms with E-state index >= 15 is 0 Å². The summed E-state index contributed by atoms with van der Waals surface area (Å²) < 4.78 is 34.9. The number of alkyl halides is 2. The van der Waals surface area contributed by atoms with Crippen LogP contribution in [0.1, 0.15) is 35.4 Å². The number of ether oxygens (including phenoxy) is 2. The number of benzene rings is 2. The topological polar surface area (TPSA) is 50.8 Å². The van der Waals surface area contributed by atoms with Gasteiger partial charge in [-0.1, -0.05) is 30.7 Å². The number of hydrogen-bond donors (Lipinski definition) is 1. The van der Waals surface area contributed by atoms with Crippen LogP contribution in [0.2, 0.25) is 5.02 Å². The highest BCUT2D eigenvalue weighted by Crippen LogP contribution is 2.41. The second-order valence-corrected chi connectivity index (χ2v) is 6.41. The summed E-state index contributed by atoms with van der Waals surface area (Å²) in [6, 6.07) is 10.3. The molecule has 1 N–H and O–H groups in total. The molecule has 2 aromatic rings. The lowest BCUT2D eigenvalue weighted by Gasteiger charge is -2.38. The molecule has 27 heavy (non-hydrogen) atoms. The van der Waals surface area contributed by atoms with Crippen LogP contribution in [0.4, 0.5) is 14.5 Å². The van der Waals surface area contributed by atoms with E-state index in [-0.39, 0.29) is 22.4 Å². The fourth-order valence-electron chi connectivity index (χ4n) is 3.13. The van der Waals surface area contributed by atoms with Gasteiger partial charge in [0.05, 0.1) is 17.7 Å². The number of carbonyl (C=O) groups excluding carboxylic acids is 1. The Bertz CT molecular complexity index is 848. The van der Waals surface area contributed by atoms with Crippen molar-refractivity contribution in [3.05, 3.63) is 52.5 Å². The van der Waals surface area contributed by atoms with E-state index in [1.54, 1.807) is 23.1 Å². The first-order valence-electron chi connectivity index (χ1n) is 8.45. The minimum absolute atomic E-state index is 0.0193. The number of amides is 1. The van der Waals surface area contributed by atoms with Crippen LogP contribution in [0.15, 0.2) is 36.4 Å². The third kappa shape index (κ3) is 3.78. The lowest BCUT2D eigenvalue weighted by molar-refractivity contribution is -0.0511. The lowest BCUT2D eigenvalue weighted by Crippen LogP contribution is -2.43. The van der Waals surface area contributed by atoms with Gasteiger partial charge in [0.15, 0.2) is 11.5 Å². The van der Waals surface area contributed by atoms with E-state index in [9.17, 15) is 13.6 Å². The van der Waals surface area contributed by atoms with Crippen LogP contribution in [-0.4, -0.2) is 31.1 Å². The summed E-state index contributed by atoms with van der Waals surface area (Å²) in [6.45, 7) is -0.544. The molecule has 8 heteroatoms. The van der Waals surface area contributed by atoms with Gasteiger partial charge in [-0.3, -0.25) is 4.79 Å². The molecular formula is C19H19ClF2N2O3. The minimum atomic E-state index is -3.03. The van der Waals surface area contributed by atoms with Crippen molar-refractivity contribution in [3.63, 3.8) is 0 Å². The smallest absolute Gasteiger partial charge is 0.387 e. The monoisotopic (exact) mass is 396 g/mol. The summed E-state index contributed by atoms with van der Waals surface area (Å²) in [5, 5.41) is 3.30. The number of rotatable bonds is 6. The fourth-order valence-corrected chi connectivity index (χ4v) is 3.39. The number of carbonyl (C=O) groups is 1. The van der Waals surface area contributed by atoms with Crippen molar-refractivity contribution >= 4 is 23.2 Å². The molecule has 1 atom stereocenters. The Hall–Kier alpha value is -2.54. The molecule has 0 fully saturated rings. The Kier molecular flexibility index (Phi) is 5.70. The van der Waals surface area contributed by atoms with E-state index in [1.807, 2.05) is 19.1 Å². The van der Waals surface area contributed by atoms with E-state index in [2.05, 4.69) is 10.1 Å². The number of nitrogens with one attached hydrogen (secondary N) is 1. The summed E-state index contributed by atoms with van der Waals surface area (Å²) >= 11 is 6.17. The molecule has 5 nitrogen and oxygen atoms in total. The van der Waals surface area contributed by atoms with Crippen molar-refractivity contribution in [3.8, 4) is 11.5 Å². The van der Waals surface area contributed by atoms with Crippen molar-refractivity contribution in [2.45, 2.75) is 26.1 Å². The second-order valence-electron chi connectivity index (χ2n) is 6.00. The van der Waals surface area contributed by atoms with Crippen molar-refractivity contribution in [1.82, 2.24) is 4.90 Å². The van der Waals surface area contributed by atoms with Gasteiger partial charge in [0.2, 0.25) is 0 Å². The third-order valence-corrected chi connectivity index (χ3v) is 4.54. The highest BCUT2D eigenvalue weighted by atomic mass is 35.5. The number of halogens is 3. The van der Waals surface area contributed by atoms with Gasteiger partial charge in [0, 0.05) is 17.8 Å². The number of fused-ring (bicyclic) bond motifs is 1. The van der Waals surface area contributed by atoms with Crippen molar-refractivity contribution in [1.29, 1.82) is 0 Å². The summed E-state index contributed by atoms with van der Waals surface area (Å²) in [5.74, 6) is -0.274. The summed E-state index contributed by atoms with van der Waals surface area (Å²) in [4.78, 5) is 14.6. The first-order chi connectivity index (χ1) is 13.0. The van der Waals surface area contributed by atoms with Crippen LogP contribution in [0.25, 0.3) is 0 Å². The molecule has 1 aliphatic rings. The number of para-hydroxylation sites is 1. The zero-order valence-corrected chi connectivity index (χ0v) is 15.6. The highest BCUT2D eigenvalue weighted by molar-refractivity contribution is 6.32. The van der Waals surface area contributed by atoms with Crippen molar-refractivity contribution in [2.75, 3.05) is 19.0 Å². The van der Waals surface area contributed by atoms with E-state index in [4.69, 9.17) is 16.3 Å². The molecule has 3 rings (SSSR count). The van der Waals surface area contributed by atoms with Gasteiger partial charge < -0.3 is 19.7 Å². The summed E-state index contributed by atoms with van der Waals surface area (Å²) in [7, 11) is 1.34. The van der Waals surface area contributed by atoms with Crippen LogP contribution in [0.5, 0.6) is 11.5 Å². The van der Waals surface area contributed by atoms with E-state index in [1.165, 1.54) is 13.2 Å². The zero-order chi connectivity index (χ0) is 19.6. The molecule has 0 bridgehead atoms. The highest BCUT2D eigenvalue weighted by Gasteiger charge is 2.33. The molecule has 1 heterocycles. The third-order valence-electron chi connectivity index (χ3n) is 4.26. The molecule has 0 spiro atoms. The summed E-state index contributed by atoms with van der Waals surface area (Å²) in [6.07, 6.45) is 0.239. The number of anilines is 1. The maximum atomic E-state index is 12.9. The molecule has 0 radical (unpaired) electrons. The molecule has 0 saturated heterocycles. The zero-order valence-electron chi connectivity index (χ0n) is 14.8. The predicted molar refractivity (Wildman–Crippen MR) is 98.8 cm³/mol. The standard InChI is InChI=1S/C19H19ClF2N2O3/c1-3-8-24-17(23-14-7-5-4-6-12(14)18(24)25)11-9-13(20)16(27-19(21)22)15(10-11)26-2/h4-7,9-10,17,19,23H,3,8H2,1-2H3/t17-/m1/s1. The van der Waals surface area contributed by atoms with Crippen LogP contribution in [-0.2, 0) is 0 Å². The Morgan fingerprint density at radius 3 is 2.70 bits per heavy atom. The van der Waals surface area contributed by atoms with Crippen LogP contribution >= 0.6 is 11.6 Å².